The van der Waals surface area contributed by atoms with Gasteiger partial charge in [-0.05, 0) is 49.6 Å². The van der Waals surface area contributed by atoms with E-state index in [0.29, 0.717) is 5.40 Å². The minimum atomic E-state index is -2.33. The van der Waals surface area contributed by atoms with Crippen molar-refractivity contribution >= 4 is 43.2 Å². The summed E-state index contributed by atoms with van der Waals surface area (Å²) in [4.78, 5) is 8.33. The summed E-state index contributed by atoms with van der Waals surface area (Å²) in [5, 5.41) is 23.1. The van der Waals surface area contributed by atoms with E-state index < -0.39 is 22.0 Å². The van der Waals surface area contributed by atoms with E-state index in [9.17, 15) is 0 Å². The quantitative estimate of drug-likeness (QED) is 0.190. The normalized spacial score (nSPS) is 10.1. The predicted molar refractivity (Wildman–Crippen MR) is 138 cm³/mol. The van der Waals surface area contributed by atoms with E-state index in [1.807, 2.05) is 0 Å². The van der Waals surface area contributed by atoms with Gasteiger partial charge < -0.3 is 15.0 Å². The molecule has 35 heavy (non-hydrogen) atoms. The fraction of sp³-hybridized carbons (Fsp3) is 0.107. The molecule has 0 heterocycles. The third kappa shape index (κ3) is 10.5. The molecular weight excluding hydrogens is 524 g/mol. The largest absolute Gasteiger partial charge is 1.00 e. The maximum Gasteiger partial charge on any atom is 1.00 e. The van der Waals surface area contributed by atoms with Crippen molar-refractivity contribution in [3.63, 3.8) is 0 Å². The monoisotopic (exact) mass is 550 g/mol. The average Bonchev–Trinajstić information content (AvgIpc) is 2.86. The summed E-state index contributed by atoms with van der Waals surface area (Å²) in [6.07, 6.45) is -1.18. The zero-order chi connectivity index (χ0) is 23.5. The number of hydrogen-bond donors (Lipinski definition) is 0. The summed E-state index contributed by atoms with van der Waals surface area (Å²) in [5.74, 6) is 0. The van der Waals surface area contributed by atoms with Crippen LogP contribution in [0, 0.1) is 0 Å². The van der Waals surface area contributed by atoms with Gasteiger partial charge in [0, 0.05) is 5.40 Å². The molecule has 4 aromatic rings. The van der Waals surface area contributed by atoms with Gasteiger partial charge in [-0.3, -0.25) is 0 Å². The number of carboxylic acid groups (broad SMARTS) is 2. The van der Waals surface area contributed by atoms with Gasteiger partial charge in [-0.1, -0.05) is 128 Å². The van der Waals surface area contributed by atoms with E-state index in [-0.39, 0.29) is 103 Å². The zero-order valence-electron chi connectivity index (χ0n) is 20.5. The Hall–Kier alpha value is 0.283. The first kappa shape index (κ1) is 33.3. The Morgan fingerprint density at radius 3 is 0.943 bits per heavy atom. The van der Waals surface area contributed by atoms with Crippen LogP contribution in [0.5, 0.6) is 0 Å². The molecule has 3 nitrogen and oxygen atoms in total. The summed E-state index contributed by atoms with van der Waals surface area (Å²) >= 11 is 0. The van der Waals surface area contributed by atoms with Gasteiger partial charge in [-0.25, -0.2) is 0 Å². The average molecular weight is 551 g/mol. The van der Waals surface area contributed by atoms with Crippen LogP contribution in [-0.2, 0) is 0 Å². The molecule has 0 N–H and O–H groups in total. The molecule has 0 bridgehead atoms. The molecule has 7 heteroatoms. The molecule has 168 valence electrons. The van der Waals surface area contributed by atoms with Crippen molar-refractivity contribution in [2.45, 2.75) is 18.7 Å². The predicted octanol–water partition coefficient (Wildman–Crippen LogP) is -2.45. The minimum absolute atomic E-state index is 0. The maximum atomic E-state index is 8.33. The van der Waals surface area contributed by atoms with Gasteiger partial charge in [0.2, 0.25) is 0 Å². The van der Waals surface area contributed by atoms with Crippen molar-refractivity contribution in [3.05, 3.63) is 121 Å². The van der Waals surface area contributed by atoms with Crippen LogP contribution in [0.1, 0.15) is 13.3 Å². The van der Waals surface area contributed by atoms with Crippen molar-refractivity contribution in [1.29, 1.82) is 0 Å². The van der Waals surface area contributed by atoms with Crippen molar-refractivity contribution in [2.24, 2.45) is 0 Å². The molecule has 0 saturated carbocycles. The van der Waals surface area contributed by atoms with Crippen LogP contribution in [-0.4, -0.2) is 11.6 Å². The third-order valence-electron chi connectivity index (χ3n) is 5.10. The van der Waals surface area contributed by atoms with Crippen molar-refractivity contribution in [3.8, 4) is 0 Å². The van der Waals surface area contributed by atoms with E-state index in [1.54, 1.807) is 0 Å². The summed E-state index contributed by atoms with van der Waals surface area (Å²) in [6.45, 7) is 2.37. The summed E-state index contributed by atoms with van der Waals surface area (Å²) in [6, 6.07) is 44.6. The molecule has 0 amide bonds. The van der Waals surface area contributed by atoms with Gasteiger partial charge in [0.15, 0.2) is 0 Å². The van der Waals surface area contributed by atoms with Crippen molar-refractivity contribution < 1.29 is 118 Å². The summed E-state index contributed by atoms with van der Waals surface area (Å²) in [5.41, 5.74) is 0. The van der Waals surface area contributed by atoms with Gasteiger partial charge >= 0.3 is 103 Å². The first-order valence-electron chi connectivity index (χ1n) is 10.8. The summed E-state index contributed by atoms with van der Waals surface area (Å²) < 4.78 is 0. The van der Waals surface area contributed by atoms with Gasteiger partial charge in [0.05, 0.1) is 0 Å². The van der Waals surface area contributed by atoms with E-state index in [2.05, 4.69) is 128 Å². The number of carbonyl (C=O) groups excluding carboxylic acids is 1. The van der Waals surface area contributed by atoms with Crippen LogP contribution < -0.4 is 134 Å². The first-order valence-corrected chi connectivity index (χ1v) is 13.6. The van der Waals surface area contributed by atoms with Gasteiger partial charge in [-0.2, -0.15) is 0 Å². The maximum absolute atomic E-state index is 8.33. The molecule has 4 rings (SSSR count). The molecule has 4 aromatic carbocycles. The van der Waals surface area contributed by atoms with E-state index >= 15 is 0 Å². The second-order valence-corrected chi connectivity index (χ2v) is 12.4. The molecule has 0 saturated heterocycles. The van der Waals surface area contributed by atoms with Crippen LogP contribution in [0.3, 0.4) is 0 Å². The molecular formula is C28H26K2O3P2. The SMILES string of the molecule is CCC(P(c1ccccc1)c1ccccc1)P(c1ccccc1)c1ccccc1.O=C([O-])[O-].[K+].[K+]. The number of carbonyl (C=O) groups is 1. The van der Waals surface area contributed by atoms with Crippen molar-refractivity contribution in [1.82, 2.24) is 0 Å². The fourth-order valence-corrected chi connectivity index (χ4v) is 11.0. The van der Waals surface area contributed by atoms with Crippen LogP contribution in [0.25, 0.3) is 0 Å². The minimum Gasteiger partial charge on any atom is -0.652 e. The molecule has 0 fully saturated rings. The van der Waals surface area contributed by atoms with E-state index in [4.69, 9.17) is 15.0 Å². The van der Waals surface area contributed by atoms with Crippen LogP contribution >= 0.6 is 15.8 Å². The fourth-order valence-electron chi connectivity index (χ4n) is 3.82. The van der Waals surface area contributed by atoms with Gasteiger partial charge in [0.25, 0.3) is 0 Å². The van der Waals surface area contributed by atoms with Crippen LogP contribution in [0.2, 0.25) is 0 Å². The zero-order valence-corrected chi connectivity index (χ0v) is 28.5. The van der Waals surface area contributed by atoms with E-state index in [0.717, 1.165) is 6.42 Å². The van der Waals surface area contributed by atoms with E-state index in [1.165, 1.54) is 21.2 Å². The Bertz CT molecular complexity index is 936. The molecule has 0 aliphatic rings. The first-order chi connectivity index (χ1) is 16.1. The standard InChI is InChI=1S/C27H26P2.CH2O3.2K/c1-2-27(28(23-15-7-3-8-16-23)24-17-9-4-10-18-24)29(25-19-11-5-12-20-25)26-21-13-6-14-22-26;2-1(3)4;;/h3-22,27H,2H2,1H3;(H2,2,3,4);;/q;;2*+1/p-2. The van der Waals surface area contributed by atoms with Crippen LogP contribution in [0.4, 0.5) is 4.79 Å². The molecule has 0 atom stereocenters. The second-order valence-electron chi connectivity index (χ2n) is 7.22. The Morgan fingerprint density at radius 1 is 0.571 bits per heavy atom. The topological polar surface area (TPSA) is 63.2 Å². The van der Waals surface area contributed by atoms with Gasteiger partial charge in [0.1, 0.15) is 0 Å². The summed E-state index contributed by atoms with van der Waals surface area (Å²) in [7, 11) is -0.944. The number of rotatable bonds is 7. The molecule has 0 aliphatic heterocycles. The molecule has 0 aliphatic carbocycles. The Balaban J connectivity index is 0.000000950. The molecule has 0 radical (unpaired) electrons. The third-order valence-corrected chi connectivity index (χ3v) is 11.8. The van der Waals surface area contributed by atoms with Crippen molar-refractivity contribution in [2.75, 3.05) is 0 Å². The Kier molecular flexibility index (Phi) is 17.6. The number of hydrogen-bond acceptors (Lipinski definition) is 3. The smallest absolute Gasteiger partial charge is 0.652 e. The van der Waals surface area contributed by atoms with Gasteiger partial charge in [-0.15, -0.1) is 0 Å². The molecule has 0 spiro atoms. The Labute approximate surface area is 296 Å². The second kappa shape index (κ2) is 18.5. The molecule has 0 unspecified atom stereocenters. The van der Waals surface area contributed by atoms with Crippen LogP contribution in [0.15, 0.2) is 121 Å². The Morgan fingerprint density at radius 2 is 0.771 bits per heavy atom. The number of benzene rings is 4. The molecule has 0 aromatic heterocycles.